The number of likely N-dealkylation sites (N-methyl/N-ethyl adjacent to an activating group) is 1. The van der Waals surface area contributed by atoms with E-state index in [4.69, 9.17) is 9.47 Å². The highest BCUT2D eigenvalue weighted by atomic mass is 32.2. The average Bonchev–Trinajstić information content (AvgIpc) is 3.08. The molecule has 0 radical (unpaired) electrons. The number of carbonyl (C=O) groups is 2. The van der Waals surface area contributed by atoms with Crippen molar-refractivity contribution in [3.63, 3.8) is 0 Å². The third-order valence-corrected chi connectivity index (χ3v) is 6.90. The summed E-state index contributed by atoms with van der Waals surface area (Å²) in [6.45, 7) is 2.59. The number of hydrogen-bond acceptors (Lipinski definition) is 7. The van der Waals surface area contributed by atoms with Gasteiger partial charge in [0.1, 0.15) is 5.75 Å². The first-order chi connectivity index (χ1) is 13.4. The van der Waals surface area contributed by atoms with E-state index in [0.29, 0.717) is 13.1 Å². The molecule has 8 heteroatoms. The zero-order valence-corrected chi connectivity index (χ0v) is 18.0. The van der Waals surface area contributed by atoms with Gasteiger partial charge in [-0.25, -0.2) is 0 Å². The van der Waals surface area contributed by atoms with Gasteiger partial charge in [0.15, 0.2) is 6.10 Å². The quantitative estimate of drug-likeness (QED) is 0.668. The first kappa shape index (κ1) is 20.7. The smallest absolute Gasteiger partial charge is 0.303 e. The Morgan fingerprint density at radius 2 is 1.93 bits per heavy atom. The fraction of sp³-hybridized carbons (Fsp3) is 0.400. The highest BCUT2D eigenvalue weighted by molar-refractivity contribution is 8.01. The minimum atomic E-state index is -0.891. The van der Waals surface area contributed by atoms with E-state index in [2.05, 4.69) is 0 Å². The molecular formula is C20H24N2O4S2. The third kappa shape index (κ3) is 4.51. The van der Waals surface area contributed by atoms with E-state index in [1.165, 1.54) is 6.92 Å². The molecule has 2 aromatic rings. The molecule has 0 N–H and O–H groups in total. The number of esters is 1. The van der Waals surface area contributed by atoms with Crippen LogP contribution >= 0.6 is 23.1 Å². The Morgan fingerprint density at radius 1 is 1.21 bits per heavy atom. The molecule has 6 nitrogen and oxygen atoms in total. The van der Waals surface area contributed by atoms with Crippen molar-refractivity contribution in [1.29, 1.82) is 0 Å². The molecule has 0 aliphatic carbocycles. The van der Waals surface area contributed by atoms with E-state index in [0.717, 1.165) is 21.2 Å². The second kappa shape index (κ2) is 8.98. The second-order valence-corrected chi connectivity index (χ2v) is 9.05. The number of benzene rings is 1. The van der Waals surface area contributed by atoms with Crippen LogP contribution in [0.3, 0.4) is 0 Å². The Balaban J connectivity index is 2.01. The summed E-state index contributed by atoms with van der Waals surface area (Å²) in [5.41, 5.74) is 1.80. The molecule has 28 heavy (non-hydrogen) atoms. The van der Waals surface area contributed by atoms with Crippen LogP contribution in [0.15, 0.2) is 39.9 Å². The molecule has 2 heterocycles. The van der Waals surface area contributed by atoms with Crippen molar-refractivity contribution in [3.05, 3.63) is 41.3 Å². The van der Waals surface area contributed by atoms with Gasteiger partial charge in [0.05, 0.1) is 22.3 Å². The number of amides is 1. The van der Waals surface area contributed by atoms with Gasteiger partial charge in [0.25, 0.3) is 5.91 Å². The Bertz CT molecular complexity index is 835. The van der Waals surface area contributed by atoms with Gasteiger partial charge >= 0.3 is 5.97 Å². The summed E-state index contributed by atoms with van der Waals surface area (Å²) in [5, 5.41) is 1.66. The molecule has 0 fully saturated rings. The predicted octanol–water partition coefficient (Wildman–Crippen LogP) is 3.43. The summed E-state index contributed by atoms with van der Waals surface area (Å²) >= 11 is 3.16. The zero-order valence-electron chi connectivity index (χ0n) is 16.4. The topological polar surface area (TPSA) is 59.1 Å². The fourth-order valence-corrected chi connectivity index (χ4v) is 5.45. The summed E-state index contributed by atoms with van der Waals surface area (Å²) in [5.74, 6) is 0.0833. The van der Waals surface area contributed by atoms with Crippen LogP contribution in [0.2, 0.25) is 0 Å². The summed E-state index contributed by atoms with van der Waals surface area (Å²) < 4.78 is 11.8. The standard InChI is InChI=1S/C20H24N2O4S2/c1-13(23)26-17-18(14-5-7-15(25-4)8-6-14)28-20-16(9-12-27-20)22(19(17)24)11-10-21(2)3/h5-9,12,17-18H,10-11H2,1-4H3/t17-,18+/m0/s1. The maximum Gasteiger partial charge on any atom is 0.303 e. The van der Waals surface area contributed by atoms with Crippen LogP contribution in [-0.4, -0.2) is 57.2 Å². The lowest BCUT2D eigenvalue weighted by molar-refractivity contribution is -0.152. The van der Waals surface area contributed by atoms with E-state index in [1.54, 1.807) is 35.1 Å². The van der Waals surface area contributed by atoms with Gasteiger partial charge in [0.2, 0.25) is 0 Å². The number of fused-ring (bicyclic) bond motifs is 1. The Kier molecular flexibility index (Phi) is 6.64. The van der Waals surface area contributed by atoms with Crippen molar-refractivity contribution in [1.82, 2.24) is 4.90 Å². The van der Waals surface area contributed by atoms with Gasteiger partial charge in [-0.1, -0.05) is 12.1 Å². The monoisotopic (exact) mass is 420 g/mol. The minimum Gasteiger partial charge on any atom is -0.497 e. The molecule has 150 valence electrons. The summed E-state index contributed by atoms with van der Waals surface area (Å²) in [6, 6.07) is 9.51. The van der Waals surface area contributed by atoms with E-state index >= 15 is 0 Å². The van der Waals surface area contributed by atoms with Gasteiger partial charge in [-0.15, -0.1) is 23.1 Å². The normalized spacial score (nSPS) is 19.3. The van der Waals surface area contributed by atoms with Crippen LogP contribution in [0.5, 0.6) is 5.75 Å². The van der Waals surface area contributed by atoms with E-state index < -0.39 is 12.1 Å². The SMILES string of the molecule is COc1ccc([C@H]2Sc3sccc3N(CCN(C)C)C(=O)[C@H]2OC(C)=O)cc1. The van der Waals surface area contributed by atoms with Crippen molar-refractivity contribution in [3.8, 4) is 5.75 Å². The van der Waals surface area contributed by atoms with Crippen LogP contribution in [0.4, 0.5) is 5.69 Å². The molecule has 3 rings (SSSR count). The lowest BCUT2D eigenvalue weighted by Gasteiger charge is -2.28. The molecule has 1 aromatic heterocycles. The molecule has 0 spiro atoms. The average molecular weight is 421 g/mol. The van der Waals surface area contributed by atoms with Crippen LogP contribution in [0.25, 0.3) is 0 Å². The second-order valence-electron chi connectivity index (χ2n) is 6.73. The molecule has 2 atom stereocenters. The summed E-state index contributed by atoms with van der Waals surface area (Å²) in [7, 11) is 5.55. The molecule has 0 saturated heterocycles. The molecule has 0 unspecified atom stereocenters. The first-order valence-electron chi connectivity index (χ1n) is 8.92. The number of carbonyl (C=O) groups excluding carboxylic acids is 2. The van der Waals surface area contributed by atoms with Crippen molar-refractivity contribution < 1.29 is 19.1 Å². The van der Waals surface area contributed by atoms with Crippen LogP contribution in [0, 0.1) is 0 Å². The molecule has 1 aliphatic rings. The molecule has 0 saturated carbocycles. The van der Waals surface area contributed by atoms with Crippen LogP contribution in [0.1, 0.15) is 17.7 Å². The minimum absolute atomic E-state index is 0.192. The number of thioether (sulfide) groups is 1. The fourth-order valence-electron chi connectivity index (χ4n) is 3.01. The summed E-state index contributed by atoms with van der Waals surface area (Å²) in [6.07, 6.45) is -0.891. The summed E-state index contributed by atoms with van der Waals surface area (Å²) in [4.78, 5) is 29.0. The Hall–Kier alpha value is -2.03. The molecule has 1 aromatic carbocycles. The highest BCUT2D eigenvalue weighted by Crippen LogP contribution is 2.49. The molecular weight excluding hydrogens is 396 g/mol. The predicted molar refractivity (Wildman–Crippen MR) is 112 cm³/mol. The third-order valence-electron chi connectivity index (χ3n) is 4.43. The van der Waals surface area contributed by atoms with Crippen molar-refractivity contribution in [2.75, 3.05) is 39.2 Å². The number of nitrogens with zero attached hydrogens (tertiary/aromatic N) is 2. The lowest BCUT2D eigenvalue weighted by atomic mass is 10.1. The maximum absolute atomic E-state index is 13.5. The van der Waals surface area contributed by atoms with Crippen LogP contribution in [-0.2, 0) is 14.3 Å². The Labute approximate surface area is 173 Å². The van der Waals surface area contributed by atoms with Crippen molar-refractivity contribution >= 4 is 40.7 Å². The molecule has 1 amide bonds. The van der Waals surface area contributed by atoms with Gasteiger partial charge in [0, 0.05) is 20.0 Å². The number of methoxy groups -OCH3 is 1. The first-order valence-corrected chi connectivity index (χ1v) is 10.7. The maximum atomic E-state index is 13.5. The van der Waals surface area contributed by atoms with Gasteiger partial charge in [-0.05, 0) is 43.2 Å². The molecule has 1 aliphatic heterocycles. The van der Waals surface area contributed by atoms with Gasteiger partial charge in [-0.3, -0.25) is 9.59 Å². The van der Waals surface area contributed by atoms with Gasteiger partial charge < -0.3 is 19.3 Å². The van der Waals surface area contributed by atoms with E-state index in [9.17, 15) is 9.59 Å². The number of anilines is 1. The van der Waals surface area contributed by atoms with Crippen molar-refractivity contribution in [2.24, 2.45) is 0 Å². The number of ether oxygens (including phenoxy) is 2. The zero-order chi connectivity index (χ0) is 20.3. The Morgan fingerprint density at radius 3 is 2.54 bits per heavy atom. The van der Waals surface area contributed by atoms with Crippen LogP contribution < -0.4 is 9.64 Å². The highest BCUT2D eigenvalue weighted by Gasteiger charge is 2.41. The van der Waals surface area contributed by atoms with Gasteiger partial charge in [-0.2, -0.15) is 0 Å². The van der Waals surface area contributed by atoms with Crippen molar-refractivity contribution in [2.45, 2.75) is 22.5 Å². The van der Waals surface area contributed by atoms with E-state index in [1.807, 2.05) is 54.7 Å². The number of rotatable bonds is 6. The van der Waals surface area contributed by atoms with E-state index in [-0.39, 0.29) is 11.2 Å². The number of hydrogen-bond donors (Lipinski definition) is 0. The largest absolute Gasteiger partial charge is 0.497 e. The lowest BCUT2D eigenvalue weighted by Crippen LogP contribution is -2.45. The molecule has 0 bridgehead atoms. The number of thiophene rings is 1.